The lowest BCUT2D eigenvalue weighted by Crippen LogP contribution is -2.11. The fourth-order valence-corrected chi connectivity index (χ4v) is 1.86. The zero-order valence-corrected chi connectivity index (χ0v) is 8.93. The molecule has 76 valence electrons. The van der Waals surface area contributed by atoms with Crippen molar-refractivity contribution in [2.24, 2.45) is 0 Å². The van der Waals surface area contributed by atoms with Gasteiger partial charge in [0.05, 0.1) is 12.7 Å². The van der Waals surface area contributed by atoms with E-state index in [9.17, 15) is 0 Å². The van der Waals surface area contributed by atoms with Crippen molar-refractivity contribution in [1.29, 1.82) is 0 Å². The van der Waals surface area contributed by atoms with Crippen LogP contribution in [0, 0.1) is 0 Å². The molecule has 1 nitrogen and oxygen atoms in total. The zero-order chi connectivity index (χ0) is 9.36. The molecule has 0 spiro atoms. The first-order valence-electron chi connectivity index (χ1n) is 5.26. The smallest absolute Gasteiger partial charge is 0.0651 e. The normalized spacial score (nSPS) is 20.7. The Morgan fingerprint density at radius 3 is 2.38 bits per heavy atom. The van der Waals surface area contributed by atoms with E-state index < -0.39 is 0 Å². The van der Waals surface area contributed by atoms with Gasteiger partial charge in [-0.2, -0.15) is 0 Å². The number of hydrogen-bond donors (Lipinski definition) is 0. The van der Waals surface area contributed by atoms with Gasteiger partial charge in [0, 0.05) is 5.88 Å². The molecule has 1 aliphatic rings. The number of allylic oxidation sites excluding steroid dienone is 1. The Balaban J connectivity index is 2.08. The molecular weight excluding hydrogens is 184 g/mol. The van der Waals surface area contributed by atoms with E-state index in [1.807, 2.05) is 12.2 Å². The van der Waals surface area contributed by atoms with Gasteiger partial charge in [0.1, 0.15) is 0 Å². The Labute approximate surface area is 86.1 Å². The van der Waals surface area contributed by atoms with Gasteiger partial charge in [0.2, 0.25) is 0 Å². The van der Waals surface area contributed by atoms with Crippen molar-refractivity contribution in [1.82, 2.24) is 0 Å². The third-order valence-corrected chi connectivity index (χ3v) is 2.66. The summed E-state index contributed by atoms with van der Waals surface area (Å²) in [5.74, 6) is 0.591. The minimum Gasteiger partial charge on any atom is -0.374 e. The first-order chi connectivity index (χ1) is 6.43. The predicted molar refractivity (Wildman–Crippen MR) is 57.3 cm³/mol. The maximum atomic E-state index is 5.72. The highest BCUT2D eigenvalue weighted by Crippen LogP contribution is 2.19. The van der Waals surface area contributed by atoms with Crippen molar-refractivity contribution in [2.45, 2.75) is 44.6 Å². The highest BCUT2D eigenvalue weighted by molar-refractivity contribution is 6.18. The molecule has 0 amide bonds. The molecule has 0 aromatic carbocycles. The number of alkyl halides is 1. The van der Waals surface area contributed by atoms with Gasteiger partial charge < -0.3 is 4.74 Å². The summed E-state index contributed by atoms with van der Waals surface area (Å²) < 4.78 is 5.72. The summed E-state index contributed by atoms with van der Waals surface area (Å²) in [5, 5.41) is 0. The van der Waals surface area contributed by atoms with Gasteiger partial charge in [-0.1, -0.05) is 37.8 Å². The molecule has 0 saturated heterocycles. The van der Waals surface area contributed by atoms with E-state index in [2.05, 4.69) is 0 Å². The Morgan fingerprint density at radius 1 is 1.08 bits per heavy atom. The zero-order valence-electron chi connectivity index (χ0n) is 8.18. The molecule has 0 atom stereocenters. The van der Waals surface area contributed by atoms with Crippen molar-refractivity contribution >= 4 is 11.6 Å². The van der Waals surface area contributed by atoms with Crippen molar-refractivity contribution in [2.75, 3.05) is 12.5 Å². The largest absolute Gasteiger partial charge is 0.374 e. The molecule has 0 unspecified atom stereocenters. The quantitative estimate of drug-likeness (QED) is 0.385. The molecule has 0 aromatic heterocycles. The first kappa shape index (κ1) is 11.1. The summed E-state index contributed by atoms with van der Waals surface area (Å²) >= 11 is 5.51. The molecule has 1 saturated carbocycles. The van der Waals surface area contributed by atoms with Crippen molar-refractivity contribution in [3.8, 4) is 0 Å². The molecule has 1 aliphatic carbocycles. The maximum Gasteiger partial charge on any atom is 0.0651 e. The van der Waals surface area contributed by atoms with Crippen molar-refractivity contribution in [3.05, 3.63) is 12.2 Å². The van der Waals surface area contributed by atoms with E-state index in [1.165, 1.54) is 38.5 Å². The van der Waals surface area contributed by atoms with Crippen LogP contribution in [0.2, 0.25) is 0 Å². The number of rotatable bonds is 4. The molecular formula is C11H19ClO. The van der Waals surface area contributed by atoms with Gasteiger partial charge in [0.25, 0.3) is 0 Å². The highest BCUT2D eigenvalue weighted by Gasteiger charge is 2.11. The van der Waals surface area contributed by atoms with E-state index in [4.69, 9.17) is 16.3 Å². The molecule has 13 heavy (non-hydrogen) atoms. The maximum absolute atomic E-state index is 5.72. The van der Waals surface area contributed by atoms with E-state index in [-0.39, 0.29) is 0 Å². The van der Waals surface area contributed by atoms with Crippen molar-refractivity contribution < 1.29 is 4.74 Å². The summed E-state index contributed by atoms with van der Waals surface area (Å²) in [7, 11) is 0. The molecule has 0 bridgehead atoms. The van der Waals surface area contributed by atoms with Gasteiger partial charge in [0.15, 0.2) is 0 Å². The molecule has 0 heterocycles. The van der Waals surface area contributed by atoms with Gasteiger partial charge in [-0.25, -0.2) is 0 Å². The minimum atomic E-state index is 0.502. The Kier molecular flexibility index (Phi) is 6.30. The predicted octanol–water partition coefficient (Wildman–Crippen LogP) is 3.52. The third kappa shape index (κ3) is 5.33. The average molecular weight is 203 g/mol. The van der Waals surface area contributed by atoms with Crippen LogP contribution in [0.25, 0.3) is 0 Å². The summed E-state index contributed by atoms with van der Waals surface area (Å²) in [6.07, 6.45) is 12.4. The number of hydrogen-bond acceptors (Lipinski definition) is 1. The van der Waals surface area contributed by atoms with E-state index in [1.54, 1.807) is 0 Å². The third-order valence-electron chi connectivity index (χ3n) is 2.49. The van der Waals surface area contributed by atoms with Gasteiger partial charge >= 0.3 is 0 Å². The summed E-state index contributed by atoms with van der Waals surface area (Å²) in [4.78, 5) is 0. The monoisotopic (exact) mass is 202 g/mol. The summed E-state index contributed by atoms with van der Waals surface area (Å²) in [6, 6.07) is 0. The van der Waals surface area contributed by atoms with Gasteiger partial charge in [-0.3, -0.25) is 0 Å². The van der Waals surface area contributed by atoms with Crippen LogP contribution in [0.1, 0.15) is 38.5 Å². The van der Waals surface area contributed by atoms with Crippen molar-refractivity contribution in [3.63, 3.8) is 0 Å². The van der Waals surface area contributed by atoms with Gasteiger partial charge in [-0.15, -0.1) is 11.6 Å². The highest BCUT2D eigenvalue weighted by atomic mass is 35.5. The van der Waals surface area contributed by atoms with Crippen LogP contribution in [0.4, 0.5) is 0 Å². The second kappa shape index (κ2) is 7.40. The van der Waals surface area contributed by atoms with E-state index in [0.29, 0.717) is 12.0 Å². The average Bonchev–Trinajstić information content (AvgIpc) is 2.41. The van der Waals surface area contributed by atoms with Crippen LogP contribution in [-0.2, 0) is 4.74 Å². The van der Waals surface area contributed by atoms with Crippen LogP contribution in [0.15, 0.2) is 12.2 Å². The SMILES string of the molecule is ClCC=CCOC1CCCCCC1. The fourth-order valence-electron chi connectivity index (χ4n) is 1.73. The minimum absolute atomic E-state index is 0.502. The second-order valence-corrected chi connectivity index (χ2v) is 3.88. The fraction of sp³-hybridized carbons (Fsp3) is 0.818. The van der Waals surface area contributed by atoms with Crippen LogP contribution in [0.3, 0.4) is 0 Å². The number of halogens is 1. The van der Waals surface area contributed by atoms with Gasteiger partial charge in [-0.05, 0) is 12.8 Å². The lowest BCUT2D eigenvalue weighted by atomic mass is 10.1. The lowest BCUT2D eigenvalue weighted by molar-refractivity contribution is 0.0631. The molecule has 0 aromatic rings. The summed E-state index contributed by atoms with van der Waals surface area (Å²) in [6.45, 7) is 0.734. The summed E-state index contributed by atoms with van der Waals surface area (Å²) in [5.41, 5.74) is 0. The molecule has 2 heteroatoms. The van der Waals surface area contributed by atoms with Crippen LogP contribution < -0.4 is 0 Å². The lowest BCUT2D eigenvalue weighted by Gasteiger charge is -2.13. The van der Waals surface area contributed by atoms with E-state index in [0.717, 1.165) is 6.61 Å². The standard InChI is InChI=1S/C11H19ClO/c12-9-5-6-10-13-11-7-3-1-2-4-8-11/h5-6,11H,1-4,7-10H2. The van der Waals surface area contributed by atoms with E-state index >= 15 is 0 Å². The van der Waals surface area contributed by atoms with Crippen LogP contribution in [-0.4, -0.2) is 18.6 Å². The Bertz CT molecular complexity index is 137. The molecule has 0 N–H and O–H groups in total. The van der Waals surface area contributed by atoms with Crippen LogP contribution in [0.5, 0.6) is 0 Å². The molecule has 1 fully saturated rings. The molecule has 0 radical (unpaired) electrons. The first-order valence-corrected chi connectivity index (χ1v) is 5.79. The van der Waals surface area contributed by atoms with Crippen LogP contribution >= 0.6 is 11.6 Å². The Morgan fingerprint density at radius 2 is 1.77 bits per heavy atom. The molecule has 1 rings (SSSR count). The second-order valence-electron chi connectivity index (χ2n) is 3.57. The Hall–Kier alpha value is -0.0100. The number of ether oxygens (including phenoxy) is 1. The molecule has 0 aliphatic heterocycles. The topological polar surface area (TPSA) is 9.23 Å².